The van der Waals surface area contributed by atoms with E-state index in [1.807, 2.05) is 27.9 Å². The molecule has 0 saturated heterocycles. The number of hydrogen-bond acceptors (Lipinski definition) is 2. The average molecular weight is 172 g/mol. The highest BCUT2D eigenvalue weighted by Crippen LogP contribution is 2.01. The van der Waals surface area contributed by atoms with Crippen molar-refractivity contribution in [2.24, 2.45) is 5.73 Å². The Bertz CT molecular complexity index is 141. The third-order valence-electron chi connectivity index (χ3n) is 1.18. The second-order valence-corrected chi connectivity index (χ2v) is 2.43. The summed E-state index contributed by atoms with van der Waals surface area (Å²) in [5.74, 6) is -0.292. The first-order valence-electron chi connectivity index (χ1n) is 4.17. The van der Waals surface area contributed by atoms with Crippen molar-refractivity contribution in [3.05, 3.63) is 11.6 Å². The standard InChI is InChI=1S/C7H13NO.C2H7N/c1-3-5-6(4-2)7(8)9;1-3-2/h4H,3,5H2,1-2H3,(H2,8,9);3H,1-2H3. The van der Waals surface area contributed by atoms with Crippen LogP contribution in [0.25, 0.3) is 0 Å². The molecule has 0 aromatic heterocycles. The van der Waals surface area contributed by atoms with E-state index in [1.165, 1.54) is 0 Å². The molecule has 0 radical (unpaired) electrons. The van der Waals surface area contributed by atoms with Crippen LogP contribution in [-0.4, -0.2) is 20.0 Å². The first-order valence-corrected chi connectivity index (χ1v) is 4.17. The highest BCUT2D eigenvalue weighted by atomic mass is 16.1. The molecule has 0 spiro atoms. The number of hydrogen-bond donors (Lipinski definition) is 2. The lowest BCUT2D eigenvalue weighted by Gasteiger charge is -1.96. The first kappa shape index (κ1) is 13.7. The van der Waals surface area contributed by atoms with Crippen LogP contribution in [0.2, 0.25) is 0 Å². The summed E-state index contributed by atoms with van der Waals surface area (Å²) in [4.78, 5) is 10.5. The Labute approximate surface area is 75.0 Å². The average Bonchev–Trinajstić information content (AvgIpc) is 2.01. The first-order chi connectivity index (χ1) is 5.63. The summed E-state index contributed by atoms with van der Waals surface area (Å²) in [7, 11) is 3.75. The summed E-state index contributed by atoms with van der Waals surface area (Å²) < 4.78 is 0. The maximum atomic E-state index is 10.5. The van der Waals surface area contributed by atoms with Crippen molar-refractivity contribution in [3.8, 4) is 0 Å². The summed E-state index contributed by atoms with van der Waals surface area (Å²) in [6.45, 7) is 3.85. The summed E-state index contributed by atoms with van der Waals surface area (Å²) >= 11 is 0. The fourth-order valence-electron chi connectivity index (χ4n) is 0.679. The summed E-state index contributed by atoms with van der Waals surface area (Å²) in [6.07, 6.45) is 3.54. The van der Waals surface area contributed by atoms with Gasteiger partial charge in [-0.15, -0.1) is 0 Å². The van der Waals surface area contributed by atoms with Crippen molar-refractivity contribution in [1.82, 2.24) is 5.32 Å². The molecule has 0 bridgehead atoms. The normalized spacial score (nSPS) is 10.2. The monoisotopic (exact) mass is 172 g/mol. The zero-order chi connectivity index (χ0) is 9.98. The van der Waals surface area contributed by atoms with E-state index in [0.717, 1.165) is 18.4 Å². The number of carbonyl (C=O) groups excluding carboxylic acids is 1. The Morgan fingerprint density at radius 2 is 1.92 bits per heavy atom. The maximum Gasteiger partial charge on any atom is 0.244 e. The molecule has 1 amide bonds. The molecule has 3 N–H and O–H groups in total. The van der Waals surface area contributed by atoms with Crippen molar-refractivity contribution >= 4 is 5.91 Å². The van der Waals surface area contributed by atoms with Crippen molar-refractivity contribution in [2.45, 2.75) is 26.7 Å². The van der Waals surface area contributed by atoms with Crippen molar-refractivity contribution in [3.63, 3.8) is 0 Å². The summed E-state index contributed by atoms with van der Waals surface area (Å²) in [5.41, 5.74) is 5.76. The minimum Gasteiger partial charge on any atom is -0.366 e. The zero-order valence-corrected chi connectivity index (χ0v) is 8.48. The molecule has 72 valence electrons. The molecule has 0 aliphatic rings. The van der Waals surface area contributed by atoms with Crippen molar-refractivity contribution in [2.75, 3.05) is 14.1 Å². The van der Waals surface area contributed by atoms with E-state index in [0.29, 0.717) is 0 Å². The zero-order valence-electron chi connectivity index (χ0n) is 8.48. The number of amides is 1. The van der Waals surface area contributed by atoms with Gasteiger partial charge >= 0.3 is 0 Å². The van der Waals surface area contributed by atoms with Gasteiger partial charge in [-0.1, -0.05) is 19.4 Å². The van der Waals surface area contributed by atoms with Crippen LogP contribution in [0.5, 0.6) is 0 Å². The van der Waals surface area contributed by atoms with Gasteiger partial charge in [0.15, 0.2) is 0 Å². The lowest BCUT2D eigenvalue weighted by atomic mass is 10.1. The third-order valence-corrected chi connectivity index (χ3v) is 1.18. The lowest BCUT2D eigenvalue weighted by Crippen LogP contribution is -2.13. The van der Waals surface area contributed by atoms with E-state index >= 15 is 0 Å². The minimum absolute atomic E-state index is 0.292. The second-order valence-electron chi connectivity index (χ2n) is 2.43. The minimum atomic E-state index is -0.292. The van der Waals surface area contributed by atoms with Crippen LogP contribution in [0.3, 0.4) is 0 Å². The van der Waals surface area contributed by atoms with Gasteiger partial charge in [-0.3, -0.25) is 4.79 Å². The predicted octanol–water partition coefficient (Wildman–Crippen LogP) is 1.05. The van der Waals surface area contributed by atoms with Crippen LogP contribution in [0.1, 0.15) is 26.7 Å². The van der Waals surface area contributed by atoms with Gasteiger partial charge in [0, 0.05) is 5.57 Å². The maximum absolute atomic E-state index is 10.5. The molecule has 0 heterocycles. The highest BCUT2D eigenvalue weighted by Gasteiger charge is 1.99. The predicted molar refractivity (Wildman–Crippen MR) is 52.8 cm³/mol. The number of primary amides is 1. The van der Waals surface area contributed by atoms with Crippen LogP contribution < -0.4 is 11.1 Å². The molecule has 0 rings (SSSR count). The second kappa shape index (κ2) is 10.2. The molecule has 0 fully saturated rings. The Hall–Kier alpha value is -0.830. The van der Waals surface area contributed by atoms with Gasteiger partial charge in [0.2, 0.25) is 5.91 Å². The van der Waals surface area contributed by atoms with Crippen LogP contribution in [0, 0.1) is 0 Å². The van der Waals surface area contributed by atoms with Gasteiger partial charge in [0.1, 0.15) is 0 Å². The molecular weight excluding hydrogens is 152 g/mol. The van der Waals surface area contributed by atoms with E-state index < -0.39 is 0 Å². The van der Waals surface area contributed by atoms with E-state index in [1.54, 1.807) is 6.08 Å². The topological polar surface area (TPSA) is 55.1 Å². The molecule has 12 heavy (non-hydrogen) atoms. The number of carbonyl (C=O) groups is 1. The Morgan fingerprint density at radius 1 is 1.50 bits per heavy atom. The fourth-order valence-corrected chi connectivity index (χ4v) is 0.679. The summed E-state index contributed by atoms with van der Waals surface area (Å²) in [6, 6.07) is 0. The van der Waals surface area contributed by atoms with Gasteiger partial charge in [-0.2, -0.15) is 0 Å². The molecule has 0 unspecified atom stereocenters. The number of nitrogens with two attached hydrogens (primary N) is 1. The van der Waals surface area contributed by atoms with E-state index in [-0.39, 0.29) is 5.91 Å². The SMILES string of the molecule is CC=C(CCC)C(N)=O.CNC. The quantitative estimate of drug-likeness (QED) is 0.625. The number of nitrogens with one attached hydrogen (secondary N) is 1. The van der Waals surface area contributed by atoms with Crippen molar-refractivity contribution in [1.29, 1.82) is 0 Å². The van der Waals surface area contributed by atoms with E-state index in [2.05, 4.69) is 5.32 Å². The van der Waals surface area contributed by atoms with Gasteiger partial charge < -0.3 is 11.1 Å². The van der Waals surface area contributed by atoms with Crippen LogP contribution in [0.15, 0.2) is 11.6 Å². The fraction of sp³-hybridized carbons (Fsp3) is 0.667. The largest absolute Gasteiger partial charge is 0.366 e. The Morgan fingerprint density at radius 3 is 2.00 bits per heavy atom. The number of rotatable bonds is 3. The molecule has 0 aliphatic carbocycles. The molecule has 0 aromatic carbocycles. The Kier molecular flexibility index (Phi) is 11.6. The molecule has 0 aromatic rings. The van der Waals surface area contributed by atoms with E-state index in [9.17, 15) is 4.79 Å². The molecular formula is C9H20N2O. The van der Waals surface area contributed by atoms with Crippen molar-refractivity contribution < 1.29 is 4.79 Å². The third kappa shape index (κ3) is 9.17. The molecule has 0 saturated carbocycles. The molecule has 3 nitrogen and oxygen atoms in total. The van der Waals surface area contributed by atoms with Crippen LogP contribution >= 0.6 is 0 Å². The van der Waals surface area contributed by atoms with Crippen LogP contribution in [0.4, 0.5) is 0 Å². The summed E-state index contributed by atoms with van der Waals surface area (Å²) in [5, 5.41) is 2.75. The Balaban J connectivity index is 0. The molecule has 3 heteroatoms. The smallest absolute Gasteiger partial charge is 0.244 e. The number of allylic oxidation sites excluding steroid dienone is 1. The van der Waals surface area contributed by atoms with Crippen LogP contribution in [-0.2, 0) is 4.79 Å². The van der Waals surface area contributed by atoms with Gasteiger partial charge in [-0.25, -0.2) is 0 Å². The molecule has 0 atom stereocenters. The van der Waals surface area contributed by atoms with E-state index in [4.69, 9.17) is 5.73 Å². The lowest BCUT2D eigenvalue weighted by molar-refractivity contribution is -0.114. The van der Waals surface area contributed by atoms with Gasteiger partial charge in [0.25, 0.3) is 0 Å². The van der Waals surface area contributed by atoms with Gasteiger partial charge in [-0.05, 0) is 27.4 Å². The van der Waals surface area contributed by atoms with Gasteiger partial charge in [0.05, 0.1) is 0 Å². The molecule has 0 aliphatic heterocycles. The highest BCUT2D eigenvalue weighted by molar-refractivity contribution is 5.91.